The number of benzene rings is 1. The molecule has 0 aliphatic heterocycles. The average molecular weight is 278 g/mol. The van der Waals surface area contributed by atoms with Crippen molar-refractivity contribution in [2.75, 3.05) is 6.61 Å². The molecular formula is C13H18N4OS. The monoisotopic (exact) mass is 278 g/mol. The summed E-state index contributed by atoms with van der Waals surface area (Å²) in [7, 11) is 0. The molecule has 0 aliphatic rings. The van der Waals surface area contributed by atoms with Crippen LogP contribution in [0.2, 0.25) is 0 Å². The van der Waals surface area contributed by atoms with Crippen LogP contribution in [-0.2, 0) is 0 Å². The van der Waals surface area contributed by atoms with E-state index in [1.807, 2.05) is 31.2 Å². The van der Waals surface area contributed by atoms with Gasteiger partial charge in [-0.2, -0.15) is 0 Å². The molecule has 0 saturated carbocycles. The zero-order valence-corrected chi connectivity index (χ0v) is 11.9. The predicted octanol–water partition coefficient (Wildman–Crippen LogP) is 2.19. The maximum absolute atomic E-state index is 5.65. The van der Waals surface area contributed by atoms with Crippen molar-refractivity contribution in [2.45, 2.75) is 26.3 Å². The predicted molar refractivity (Wildman–Crippen MR) is 76.0 cm³/mol. The number of rotatable bonds is 6. The Balaban J connectivity index is 2.18. The first-order chi connectivity index (χ1) is 9.26. The Morgan fingerprint density at radius 3 is 2.63 bits per heavy atom. The van der Waals surface area contributed by atoms with Crippen LogP contribution in [-0.4, -0.2) is 16.2 Å². The Morgan fingerprint density at radius 2 is 2.11 bits per heavy atom. The molecule has 0 saturated heterocycles. The van der Waals surface area contributed by atoms with Gasteiger partial charge in [0.25, 0.3) is 0 Å². The standard InChI is InChI=1S/C13H18N4OS/c1-3-8-18-11-6-4-10(5-7-11)12(15-14)13-9(2)16-17-19-13/h4-7,12,15H,3,8,14H2,1-2H3. The fraction of sp³-hybridized carbons (Fsp3) is 0.385. The molecule has 5 nitrogen and oxygen atoms in total. The Labute approximate surface area is 116 Å². The van der Waals surface area contributed by atoms with Gasteiger partial charge in [-0.3, -0.25) is 5.84 Å². The van der Waals surface area contributed by atoms with E-state index in [4.69, 9.17) is 10.6 Å². The van der Waals surface area contributed by atoms with E-state index in [1.165, 1.54) is 11.5 Å². The van der Waals surface area contributed by atoms with Crippen LogP contribution in [0, 0.1) is 6.92 Å². The first-order valence-corrected chi connectivity index (χ1v) is 7.01. The molecule has 6 heteroatoms. The molecule has 1 heterocycles. The van der Waals surface area contributed by atoms with Crippen LogP contribution in [0.15, 0.2) is 24.3 Å². The molecule has 0 bridgehead atoms. The molecule has 1 atom stereocenters. The summed E-state index contributed by atoms with van der Waals surface area (Å²) in [6.07, 6.45) is 1.00. The van der Waals surface area contributed by atoms with E-state index in [1.54, 1.807) is 0 Å². The van der Waals surface area contributed by atoms with Gasteiger partial charge in [0.05, 0.1) is 23.2 Å². The van der Waals surface area contributed by atoms with E-state index in [0.29, 0.717) is 0 Å². The van der Waals surface area contributed by atoms with Crippen LogP contribution in [0.4, 0.5) is 0 Å². The van der Waals surface area contributed by atoms with Crippen LogP contribution < -0.4 is 16.0 Å². The van der Waals surface area contributed by atoms with E-state index in [-0.39, 0.29) is 6.04 Å². The van der Waals surface area contributed by atoms with Crippen LogP contribution in [0.25, 0.3) is 0 Å². The topological polar surface area (TPSA) is 73.1 Å². The molecule has 0 radical (unpaired) electrons. The van der Waals surface area contributed by atoms with E-state index in [2.05, 4.69) is 21.9 Å². The average Bonchev–Trinajstić information content (AvgIpc) is 2.85. The summed E-state index contributed by atoms with van der Waals surface area (Å²) in [5.41, 5.74) is 4.79. The third-order valence-electron chi connectivity index (χ3n) is 2.80. The van der Waals surface area contributed by atoms with Crippen molar-refractivity contribution in [1.82, 2.24) is 15.0 Å². The lowest BCUT2D eigenvalue weighted by atomic mass is 10.1. The zero-order valence-electron chi connectivity index (χ0n) is 11.1. The van der Waals surface area contributed by atoms with Crippen molar-refractivity contribution >= 4 is 11.5 Å². The number of hydrogen-bond acceptors (Lipinski definition) is 6. The van der Waals surface area contributed by atoms with Crippen LogP contribution in [0.3, 0.4) is 0 Å². The maximum atomic E-state index is 5.65. The molecule has 1 aromatic heterocycles. The number of aromatic nitrogens is 2. The minimum Gasteiger partial charge on any atom is -0.494 e. The van der Waals surface area contributed by atoms with Crippen molar-refractivity contribution in [3.8, 4) is 5.75 Å². The second-order valence-electron chi connectivity index (χ2n) is 4.24. The minimum absolute atomic E-state index is 0.0831. The second-order valence-corrected chi connectivity index (χ2v) is 5.03. The Morgan fingerprint density at radius 1 is 1.37 bits per heavy atom. The van der Waals surface area contributed by atoms with Gasteiger partial charge in [-0.15, -0.1) is 5.10 Å². The molecule has 1 unspecified atom stereocenters. The van der Waals surface area contributed by atoms with E-state index in [0.717, 1.165) is 34.9 Å². The number of ether oxygens (including phenoxy) is 1. The Kier molecular flexibility index (Phi) is 4.84. The number of nitrogens with zero attached hydrogens (tertiary/aromatic N) is 2. The van der Waals surface area contributed by atoms with Crippen molar-refractivity contribution in [2.24, 2.45) is 5.84 Å². The second kappa shape index (κ2) is 6.60. The Bertz CT molecular complexity index is 512. The van der Waals surface area contributed by atoms with Gasteiger partial charge in [0.1, 0.15) is 5.75 Å². The summed E-state index contributed by atoms with van der Waals surface area (Å²) < 4.78 is 9.51. The smallest absolute Gasteiger partial charge is 0.119 e. The van der Waals surface area contributed by atoms with Crippen LogP contribution >= 0.6 is 11.5 Å². The summed E-state index contributed by atoms with van der Waals surface area (Å²) in [5.74, 6) is 6.53. The summed E-state index contributed by atoms with van der Waals surface area (Å²) in [6.45, 7) is 4.75. The quantitative estimate of drug-likeness (QED) is 0.626. The van der Waals surface area contributed by atoms with E-state index in [9.17, 15) is 0 Å². The van der Waals surface area contributed by atoms with Gasteiger partial charge in [0, 0.05) is 0 Å². The molecule has 3 N–H and O–H groups in total. The third-order valence-corrected chi connectivity index (χ3v) is 3.69. The largest absolute Gasteiger partial charge is 0.494 e. The number of hydrogen-bond donors (Lipinski definition) is 2. The van der Waals surface area contributed by atoms with Gasteiger partial charge in [-0.05, 0) is 42.6 Å². The lowest BCUT2D eigenvalue weighted by Gasteiger charge is -2.15. The van der Waals surface area contributed by atoms with Crippen molar-refractivity contribution in [3.05, 3.63) is 40.4 Å². The van der Waals surface area contributed by atoms with E-state index >= 15 is 0 Å². The summed E-state index contributed by atoms with van der Waals surface area (Å²) in [6, 6.07) is 7.85. The highest BCUT2D eigenvalue weighted by Gasteiger charge is 2.17. The molecule has 2 aromatic rings. The van der Waals surface area contributed by atoms with Gasteiger partial charge in [0.15, 0.2) is 0 Å². The lowest BCUT2D eigenvalue weighted by Crippen LogP contribution is -2.28. The zero-order chi connectivity index (χ0) is 13.7. The van der Waals surface area contributed by atoms with Crippen LogP contribution in [0.5, 0.6) is 5.75 Å². The summed E-state index contributed by atoms with van der Waals surface area (Å²) >= 11 is 1.36. The fourth-order valence-electron chi connectivity index (χ4n) is 1.80. The fourth-order valence-corrected chi connectivity index (χ4v) is 2.54. The van der Waals surface area contributed by atoms with Crippen molar-refractivity contribution in [1.29, 1.82) is 0 Å². The molecular weight excluding hydrogens is 260 g/mol. The van der Waals surface area contributed by atoms with E-state index < -0.39 is 0 Å². The third kappa shape index (κ3) is 3.28. The van der Waals surface area contributed by atoms with Gasteiger partial charge >= 0.3 is 0 Å². The summed E-state index contributed by atoms with van der Waals surface area (Å²) in [4.78, 5) is 1.03. The molecule has 2 rings (SSSR count). The Hall–Kier alpha value is -1.50. The number of nitrogens with one attached hydrogen (secondary N) is 1. The van der Waals surface area contributed by atoms with Gasteiger partial charge in [-0.1, -0.05) is 23.5 Å². The molecule has 1 aromatic carbocycles. The van der Waals surface area contributed by atoms with Gasteiger partial charge in [0.2, 0.25) is 0 Å². The van der Waals surface area contributed by atoms with Crippen molar-refractivity contribution in [3.63, 3.8) is 0 Å². The molecule has 0 fully saturated rings. The molecule has 0 amide bonds. The first-order valence-electron chi connectivity index (χ1n) is 6.24. The molecule has 0 spiro atoms. The van der Waals surface area contributed by atoms with Gasteiger partial charge in [-0.25, -0.2) is 5.43 Å². The molecule has 0 aliphatic carbocycles. The summed E-state index contributed by atoms with van der Waals surface area (Å²) in [5, 5.41) is 4.02. The molecule has 19 heavy (non-hydrogen) atoms. The normalized spacial score (nSPS) is 12.4. The SMILES string of the molecule is CCCOc1ccc(C(NN)c2snnc2C)cc1. The number of hydrazine groups is 1. The van der Waals surface area contributed by atoms with Gasteiger partial charge < -0.3 is 4.74 Å². The highest BCUT2D eigenvalue weighted by Crippen LogP contribution is 2.27. The molecule has 102 valence electrons. The number of aryl methyl sites for hydroxylation is 1. The number of nitrogens with two attached hydrogens (primary N) is 1. The maximum Gasteiger partial charge on any atom is 0.119 e. The first kappa shape index (κ1) is 13.9. The van der Waals surface area contributed by atoms with Crippen LogP contribution in [0.1, 0.15) is 35.5 Å². The highest BCUT2D eigenvalue weighted by molar-refractivity contribution is 7.05. The minimum atomic E-state index is -0.0831. The highest BCUT2D eigenvalue weighted by atomic mass is 32.1. The van der Waals surface area contributed by atoms with Crippen molar-refractivity contribution < 1.29 is 4.74 Å². The lowest BCUT2D eigenvalue weighted by molar-refractivity contribution is 0.317.